The Bertz CT molecular complexity index is 620. The molecule has 0 aliphatic carbocycles. The third kappa shape index (κ3) is 3.20. The smallest absolute Gasteiger partial charge is 0.203 e. The molecule has 0 radical (unpaired) electrons. The van der Waals surface area contributed by atoms with Crippen LogP contribution in [0.2, 0.25) is 0 Å². The highest BCUT2D eigenvalue weighted by Gasteiger charge is 2.26. The van der Waals surface area contributed by atoms with Crippen LogP contribution in [0.15, 0.2) is 28.7 Å². The Balaban J connectivity index is 2.28. The SMILES string of the molecule is CN(C)COc1ccc2oc(C(=O)C(C)(C)C)cc2c1. The first-order valence-corrected chi connectivity index (χ1v) is 6.63. The van der Waals surface area contributed by atoms with Crippen LogP contribution >= 0.6 is 0 Å². The van der Waals surface area contributed by atoms with Crippen molar-refractivity contribution in [2.75, 3.05) is 20.8 Å². The molecule has 0 bridgehead atoms. The summed E-state index contributed by atoms with van der Waals surface area (Å²) in [5.41, 5.74) is 0.257. The molecule has 2 aromatic rings. The molecule has 0 fully saturated rings. The van der Waals surface area contributed by atoms with E-state index < -0.39 is 5.41 Å². The fraction of sp³-hybridized carbons (Fsp3) is 0.438. The number of carbonyl (C=O) groups is 1. The normalized spacial score (nSPS) is 12.1. The topological polar surface area (TPSA) is 42.7 Å². The van der Waals surface area contributed by atoms with Crippen LogP contribution < -0.4 is 4.74 Å². The first kappa shape index (κ1) is 14.6. The van der Waals surface area contributed by atoms with Crippen LogP contribution in [0.25, 0.3) is 11.0 Å². The van der Waals surface area contributed by atoms with Crippen LogP contribution in [0.4, 0.5) is 0 Å². The molecule has 0 saturated heterocycles. The molecule has 0 N–H and O–H groups in total. The third-order valence-electron chi connectivity index (χ3n) is 2.88. The highest BCUT2D eigenvalue weighted by Crippen LogP contribution is 2.28. The molecule has 0 spiro atoms. The molecule has 1 heterocycles. The van der Waals surface area contributed by atoms with Gasteiger partial charge in [-0.05, 0) is 38.4 Å². The van der Waals surface area contributed by atoms with Gasteiger partial charge in [0.1, 0.15) is 18.1 Å². The molecule has 108 valence electrons. The molecule has 0 unspecified atom stereocenters. The fourth-order valence-electron chi connectivity index (χ4n) is 1.80. The molecule has 0 aliphatic heterocycles. The maximum atomic E-state index is 12.2. The Morgan fingerprint density at radius 2 is 1.95 bits per heavy atom. The van der Waals surface area contributed by atoms with E-state index in [1.165, 1.54) is 0 Å². The number of ether oxygens (including phenoxy) is 1. The number of benzene rings is 1. The van der Waals surface area contributed by atoms with E-state index in [2.05, 4.69) is 0 Å². The van der Waals surface area contributed by atoms with Gasteiger partial charge in [0, 0.05) is 10.8 Å². The minimum absolute atomic E-state index is 0.00413. The van der Waals surface area contributed by atoms with Gasteiger partial charge >= 0.3 is 0 Å². The van der Waals surface area contributed by atoms with E-state index in [1.54, 1.807) is 6.07 Å². The van der Waals surface area contributed by atoms with E-state index >= 15 is 0 Å². The summed E-state index contributed by atoms with van der Waals surface area (Å²) in [7, 11) is 3.88. The van der Waals surface area contributed by atoms with Gasteiger partial charge in [-0.3, -0.25) is 9.69 Å². The van der Waals surface area contributed by atoms with Gasteiger partial charge in [-0.25, -0.2) is 0 Å². The zero-order chi connectivity index (χ0) is 14.9. The lowest BCUT2D eigenvalue weighted by molar-refractivity contribution is 0.0831. The van der Waals surface area contributed by atoms with Crippen LogP contribution in [0.1, 0.15) is 31.3 Å². The molecule has 2 rings (SSSR count). The second kappa shape index (κ2) is 5.29. The lowest BCUT2D eigenvalue weighted by atomic mass is 9.89. The Morgan fingerprint density at radius 3 is 2.55 bits per heavy atom. The summed E-state index contributed by atoms with van der Waals surface area (Å²) >= 11 is 0. The van der Waals surface area contributed by atoms with Gasteiger partial charge in [-0.15, -0.1) is 0 Å². The van der Waals surface area contributed by atoms with Crippen molar-refractivity contribution in [3.63, 3.8) is 0 Å². The van der Waals surface area contributed by atoms with E-state index in [4.69, 9.17) is 9.15 Å². The van der Waals surface area contributed by atoms with Gasteiger partial charge in [0.15, 0.2) is 5.76 Å². The van der Waals surface area contributed by atoms with E-state index in [9.17, 15) is 4.79 Å². The molecule has 1 aromatic carbocycles. The van der Waals surface area contributed by atoms with Crippen LogP contribution in [-0.4, -0.2) is 31.5 Å². The van der Waals surface area contributed by atoms with Gasteiger partial charge in [0.05, 0.1) is 0 Å². The maximum absolute atomic E-state index is 12.2. The lowest BCUT2D eigenvalue weighted by Crippen LogP contribution is -2.19. The summed E-state index contributed by atoms with van der Waals surface area (Å²) in [5.74, 6) is 1.17. The number of furan rings is 1. The van der Waals surface area contributed by atoms with Crippen LogP contribution in [-0.2, 0) is 0 Å². The summed E-state index contributed by atoms with van der Waals surface area (Å²) in [4.78, 5) is 14.1. The van der Waals surface area contributed by atoms with Crippen LogP contribution in [0, 0.1) is 5.41 Å². The quantitative estimate of drug-likeness (QED) is 0.632. The summed E-state index contributed by atoms with van der Waals surface area (Å²) < 4.78 is 11.2. The molecule has 4 nitrogen and oxygen atoms in total. The summed E-state index contributed by atoms with van der Waals surface area (Å²) in [6.45, 7) is 6.16. The molecule has 4 heteroatoms. The van der Waals surface area contributed by atoms with Gasteiger partial charge in [0.25, 0.3) is 0 Å². The first-order chi connectivity index (χ1) is 9.27. The molecule has 0 aliphatic rings. The first-order valence-electron chi connectivity index (χ1n) is 6.63. The third-order valence-corrected chi connectivity index (χ3v) is 2.88. The molecule has 0 amide bonds. The highest BCUT2D eigenvalue weighted by atomic mass is 16.5. The molecular weight excluding hydrogens is 254 g/mol. The zero-order valence-corrected chi connectivity index (χ0v) is 12.7. The Labute approximate surface area is 119 Å². The van der Waals surface area contributed by atoms with Gasteiger partial charge in [0.2, 0.25) is 5.78 Å². The van der Waals surface area contributed by atoms with E-state index in [1.807, 2.05) is 58.0 Å². The highest BCUT2D eigenvalue weighted by molar-refractivity contribution is 6.00. The number of Topliss-reactive ketones (excluding diaryl/α,β-unsaturated/α-hetero) is 1. The lowest BCUT2D eigenvalue weighted by Gasteiger charge is -2.13. The Kier molecular flexibility index (Phi) is 3.86. The number of fused-ring (bicyclic) bond motifs is 1. The van der Waals surface area contributed by atoms with Gasteiger partial charge in [-0.1, -0.05) is 20.8 Å². The minimum atomic E-state index is -0.446. The predicted molar refractivity (Wildman–Crippen MR) is 79.2 cm³/mol. The fourth-order valence-corrected chi connectivity index (χ4v) is 1.80. The molecule has 0 atom stereocenters. The van der Waals surface area contributed by atoms with Crippen molar-refractivity contribution >= 4 is 16.8 Å². The standard InChI is InChI=1S/C16H21NO3/c1-16(2,3)15(18)14-9-11-8-12(19-10-17(4)5)6-7-13(11)20-14/h6-9H,10H2,1-5H3. The van der Waals surface area contributed by atoms with Crippen molar-refractivity contribution in [3.05, 3.63) is 30.0 Å². The average molecular weight is 275 g/mol. The van der Waals surface area contributed by atoms with E-state index in [0.717, 1.165) is 11.1 Å². The maximum Gasteiger partial charge on any atom is 0.203 e. The Morgan fingerprint density at radius 1 is 1.25 bits per heavy atom. The second-order valence-electron chi connectivity index (χ2n) is 6.24. The largest absolute Gasteiger partial charge is 0.478 e. The number of rotatable bonds is 4. The van der Waals surface area contributed by atoms with Gasteiger partial charge < -0.3 is 9.15 Å². The van der Waals surface area contributed by atoms with Crippen molar-refractivity contribution in [2.24, 2.45) is 5.41 Å². The Hall–Kier alpha value is -1.81. The van der Waals surface area contributed by atoms with E-state index in [0.29, 0.717) is 18.1 Å². The molecule has 20 heavy (non-hydrogen) atoms. The number of nitrogens with zero attached hydrogens (tertiary/aromatic N) is 1. The molecular formula is C16H21NO3. The second-order valence-corrected chi connectivity index (χ2v) is 6.24. The van der Waals surface area contributed by atoms with Crippen LogP contribution in [0.3, 0.4) is 0 Å². The molecule has 0 saturated carbocycles. The van der Waals surface area contributed by atoms with Crippen molar-refractivity contribution in [3.8, 4) is 5.75 Å². The predicted octanol–water partition coefficient (Wildman–Crippen LogP) is 3.56. The monoisotopic (exact) mass is 275 g/mol. The minimum Gasteiger partial charge on any atom is -0.478 e. The van der Waals surface area contributed by atoms with Gasteiger partial charge in [-0.2, -0.15) is 0 Å². The van der Waals surface area contributed by atoms with Crippen LogP contribution in [0.5, 0.6) is 5.75 Å². The summed E-state index contributed by atoms with van der Waals surface area (Å²) in [5, 5.41) is 0.883. The number of hydrogen-bond acceptors (Lipinski definition) is 4. The number of hydrogen-bond donors (Lipinski definition) is 0. The molecule has 1 aromatic heterocycles. The van der Waals surface area contributed by atoms with Crippen molar-refractivity contribution < 1.29 is 13.9 Å². The van der Waals surface area contributed by atoms with Crippen molar-refractivity contribution in [2.45, 2.75) is 20.8 Å². The summed E-state index contributed by atoms with van der Waals surface area (Å²) in [6.07, 6.45) is 0. The van der Waals surface area contributed by atoms with Crippen molar-refractivity contribution in [1.29, 1.82) is 0 Å². The number of carbonyl (C=O) groups excluding carboxylic acids is 1. The zero-order valence-electron chi connectivity index (χ0n) is 12.7. The van der Waals surface area contributed by atoms with E-state index in [-0.39, 0.29) is 5.78 Å². The van der Waals surface area contributed by atoms with Crippen molar-refractivity contribution in [1.82, 2.24) is 4.90 Å². The average Bonchev–Trinajstić information content (AvgIpc) is 2.76. The number of ketones is 1. The summed E-state index contributed by atoms with van der Waals surface area (Å²) in [6, 6.07) is 7.35.